The highest BCUT2D eigenvalue weighted by atomic mass is 16.2. The van der Waals surface area contributed by atoms with Crippen LogP contribution in [0.15, 0.2) is 71.5 Å². The Bertz CT molecular complexity index is 997. The highest BCUT2D eigenvalue weighted by molar-refractivity contribution is 6.02. The van der Waals surface area contributed by atoms with Crippen molar-refractivity contribution in [2.24, 2.45) is 5.73 Å². The van der Waals surface area contributed by atoms with Crippen LogP contribution in [-0.4, -0.2) is 21.7 Å². The zero-order valence-corrected chi connectivity index (χ0v) is 13.5. The number of carbonyl (C=O) groups is 2. The van der Waals surface area contributed by atoms with Crippen LogP contribution in [0.25, 0.3) is 5.69 Å². The smallest absolute Gasteiger partial charge is 0.316 e. The lowest BCUT2D eigenvalue weighted by Crippen LogP contribution is -2.24. The fraction of sp³-hybridized carbons (Fsp3) is 0. The number of nitrogens with one attached hydrogen (secondary N) is 2. The Kier molecular flexibility index (Phi) is 4.75. The first-order valence-corrected chi connectivity index (χ1v) is 7.66. The number of primary amides is 1. The first kappa shape index (κ1) is 16.9. The molecule has 0 saturated carbocycles. The largest absolute Gasteiger partial charge is 0.351 e. The summed E-state index contributed by atoms with van der Waals surface area (Å²) in [5, 5.41) is 9.21. The van der Waals surface area contributed by atoms with Gasteiger partial charge in [0.15, 0.2) is 0 Å². The quantitative estimate of drug-likeness (QED) is 0.667. The molecule has 3 amide bonds. The lowest BCUT2D eigenvalue weighted by atomic mass is 10.2. The molecule has 0 unspecified atom stereocenters. The molecule has 0 atom stereocenters. The van der Waals surface area contributed by atoms with Gasteiger partial charge in [-0.1, -0.05) is 18.2 Å². The first-order valence-electron chi connectivity index (χ1n) is 7.66. The zero-order valence-electron chi connectivity index (χ0n) is 13.5. The summed E-state index contributed by atoms with van der Waals surface area (Å²) < 4.78 is 1.16. The topological polar surface area (TPSA) is 119 Å². The van der Waals surface area contributed by atoms with E-state index in [9.17, 15) is 14.4 Å². The van der Waals surface area contributed by atoms with Crippen LogP contribution in [0.2, 0.25) is 0 Å². The molecule has 3 aromatic rings. The third-order valence-electron chi connectivity index (χ3n) is 3.44. The van der Waals surface area contributed by atoms with Crippen molar-refractivity contribution in [2.45, 2.75) is 0 Å². The van der Waals surface area contributed by atoms with E-state index in [0.29, 0.717) is 17.1 Å². The molecule has 0 radical (unpaired) electrons. The van der Waals surface area contributed by atoms with Crippen molar-refractivity contribution < 1.29 is 9.59 Å². The van der Waals surface area contributed by atoms with Crippen LogP contribution in [0.4, 0.5) is 16.2 Å². The molecule has 1 heterocycles. The predicted molar refractivity (Wildman–Crippen MR) is 97.4 cm³/mol. The number of aromatic nitrogens is 2. The van der Waals surface area contributed by atoms with Gasteiger partial charge in [0.05, 0.1) is 5.69 Å². The molecular weight excluding hydrogens is 334 g/mol. The maximum absolute atomic E-state index is 12.4. The molecule has 130 valence electrons. The molecule has 0 spiro atoms. The molecule has 0 aliphatic rings. The van der Waals surface area contributed by atoms with Crippen LogP contribution >= 0.6 is 0 Å². The number of carbonyl (C=O) groups excluding carboxylic acids is 2. The molecule has 3 rings (SSSR count). The highest BCUT2D eigenvalue weighted by Crippen LogP contribution is 2.14. The van der Waals surface area contributed by atoms with Crippen LogP contribution in [0.5, 0.6) is 0 Å². The average Bonchev–Trinajstić information content (AvgIpc) is 2.64. The molecule has 8 nitrogen and oxygen atoms in total. The summed E-state index contributed by atoms with van der Waals surface area (Å²) >= 11 is 0. The Morgan fingerprint density at radius 2 is 1.46 bits per heavy atom. The molecule has 0 fully saturated rings. The molecule has 4 N–H and O–H groups in total. The van der Waals surface area contributed by atoms with Gasteiger partial charge in [0, 0.05) is 17.4 Å². The van der Waals surface area contributed by atoms with Gasteiger partial charge in [-0.15, -0.1) is 0 Å². The van der Waals surface area contributed by atoms with Crippen molar-refractivity contribution in [1.82, 2.24) is 9.78 Å². The second-order valence-corrected chi connectivity index (χ2v) is 5.32. The Labute approximate surface area is 148 Å². The number of rotatable bonds is 4. The van der Waals surface area contributed by atoms with E-state index in [4.69, 9.17) is 5.73 Å². The normalized spacial score (nSPS) is 10.2. The number of hydrogen-bond acceptors (Lipinski definition) is 4. The minimum absolute atomic E-state index is 0.0905. The van der Waals surface area contributed by atoms with Crippen LogP contribution in [0.3, 0.4) is 0 Å². The molecule has 2 aromatic carbocycles. The lowest BCUT2D eigenvalue weighted by molar-refractivity contribution is 0.102. The van der Waals surface area contributed by atoms with Gasteiger partial charge in [0.2, 0.25) is 0 Å². The Balaban J connectivity index is 1.80. The summed E-state index contributed by atoms with van der Waals surface area (Å²) in [4.78, 5) is 35.2. The Morgan fingerprint density at radius 1 is 0.846 bits per heavy atom. The number of para-hydroxylation sites is 1. The summed E-state index contributed by atoms with van der Waals surface area (Å²) in [5.41, 5.74) is 6.36. The fourth-order valence-electron chi connectivity index (χ4n) is 2.26. The van der Waals surface area contributed by atoms with Crippen molar-refractivity contribution in [3.8, 4) is 5.69 Å². The number of urea groups is 1. The number of anilines is 2. The maximum Gasteiger partial charge on any atom is 0.316 e. The summed E-state index contributed by atoms with van der Waals surface area (Å²) in [7, 11) is 0. The van der Waals surface area contributed by atoms with Crippen LogP contribution < -0.4 is 21.9 Å². The molecular formula is C18H15N5O3. The van der Waals surface area contributed by atoms with E-state index in [1.807, 2.05) is 6.07 Å². The van der Waals surface area contributed by atoms with Gasteiger partial charge in [-0.3, -0.25) is 9.59 Å². The maximum atomic E-state index is 12.4. The van der Waals surface area contributed by atoms with E-state index in [1.165, 1.54) is 12.1 Å². The van der Waals surface area contributed by atoms with Gasteiger partial charge in [-0.25, -0.2) is 4.79 Å². The summed E-state index contributed by atoms with van der Waals surface area (Å²) in [6, 6.07) is 17.2. The van der Waals surface area contributed by atoms with E-state index in [0.717, 1.165) is 4.68 Å². The summed E-state index contributed by atoms with van der Waals surface area (Å²) in [6.07, 6.45) is 0. The van der Waals surface area contributed by atoms with Crippen LogP contribution in [0, 0.1) is 0 Å². The molecule has 0 saturated heterocycles. The Hall–Kier alpha value is -3.94. The van der Waals surface area contributed by atoms with E-state index >= 15 is 0 Å². The van der Waals surface area contributed by atoms with Gasteiger partial charge in [-0.05, 0) is 42.5 Å². The van der Waals surface area contributed by atoms with Gasteiger partial charge in [0.1, 0.15) is 5.69 Å². The lowest BCUT2D eigenvalue weighted by Gasteiger charge is -2.08. The van der Waals surface area contributed by atoms with Crippen molar-refractivity contribution in [2.75, 3.05) is 10.6 Å². The number of benzene rings is 2. The molecule has 1 aromatic heterocycles. The third-order valence-corrected chi connectivity index (χ3v) is 3.44. The highest BCUT2D eigenvalue weighted by Gasteiger charge is 2.11. The Morgan fingerprint density at radius 3 is 2.08 bits per heavy atom. The fourth-order valence-corrected chi connectivity index (χ4v) is 2.26. The van der Waals surface area contributed by atoms with E-state index in [2.05, 4.69) is 15.7 Å². The van der Waals surface area contributed by atoms with Crippen molar-refractivity contribution in [1.29, 1.82) is 0 Å². The summed E-state index contributed by atoms with van der Waals surface area (Å²) in [5.74, 6) is -0.467. The monoisotopic (exact) mass is 349 g/mol. The number of hydrogen-bond donors (Lipinski definition) is 3. The van der Waals surface area contributed by atoms with Gasteiger partial charge < -0.3 is 16.4 Å². The van der Waals surface area contributed by atoms with Crippen molar-refractivity contribution >= 4 is 23.3 Å². The second kappa shape index (κ2) is 7.31. The zero-order chi connectivity index (χ0) is 18.5. The molecule has 0 aliphatic heterocycles. The summed E-state index contributed by atoms with van der Waals surface area (Å²) in [6.45, 7) is 0. The van der Waals surface area contributed by atoms with Crippen molar-refractivity contribution in [3.05, 3.63) is 82.8 Å². The minimum Gasteiger partial charge on any atom is -0.351 e. The third kappa shape index (κ3) is 3.93. The molecule has 26 heavy (non-hydrogen) atoms. The van der Waals surface area contributed by atoms with Crippen LogP contribution in [-0.2, 0) is 0 Å². The van der Waals surface area contributed by atoms with Crippen molar-refractivity contribution in [3.63, 3.8) is 0 Å². The van der Waals surface area contributed by atoms with Crippen LogP contribution in [0.1, 0.15) is 10.5 Å². The van der Waals surface area contributed by atoms with Gasteiger partial charge >= 0.3 is 6.03 Å². The number of amides is 3. The number of nitrogens with two attached hydrogens (primary N) is 1. The predicted octanol–water partition coefficient (Wildman–Crippen LogP) is 1.98. The molecule has 0 aliphatic carbocycles. The minimum atomic E-state index is -0.672. The van der Waals surface area contributed by atoms with E-state index < -0.39 is 11.9 Å². The average molecular weight is 349 g/mol. The molecule has 8 heteroatoms. The second-order valence-electron chi connectivity index (χ2n) is 5.32. The number of nitrogens with zero attached hydrogens (tertiary/aromatic N) is 2. The first-order chi connectivity index (χ1) is 12.5. The standard InChI is InChI=1S/C18H15N5O3/c19-18(26)21-13-8-6-12(7-9-13)20-17(25)15-10-11-16(24)23(22-15)14-4-2-1-3-5-14/h1-11H,(H,20,25)(H3,19,21,26). The van der Waals surface area contributed by atoms with E-state index in [-0.39, 0.29) is 11.3 Å². The van der Waals surface area contributed by atoms with E-state index in [1.54, 1.807) is 48.5 Å². The van der Waals surface area contributed by atoms with Gasteiger partial charge in [0.25, 0.3) is 11.5 Å². The SMILES string of the molecule is NC(=O)Nc1ccc(NC(=O)c2ccc(=O)n(-c3ccccc3)n2)cc1. The van der Waals surface area contributed by atoms with Gasteiger partial charge in [-0.2, -0.15) is 9.78 Å². The molecule has 0 bridgehead atoms.